The third-order valence-electron chi connectivity index (χ3n) is 8.73. The first-order valence-electron chi connectivity index (χ1n) is 13.4. The molecule has 41 heavy (non-hydrogen) atoms. The number of amides is 1. The number of halogens is 3. The van der Waals surface area contributed by atoms with E-state index in [-0.39, 0.29) is 24.9 Å². The van der Waals surface area contributed by atoms with Crippen molar-refractivity contribution in [3.05, 3.63) is 47.0 Å². The number of benzene rings is 1. The molecule has 0 radical (unpaired) electrons. The van der Waals surface area contributed by atoms with Crippen LogP contribution in [0.1, 0.15) is 54.2 Å². The molecular formula is C28H27F3N6O3S. The molecule has 3 aromatic heterocycles. The number of aliphatic hydroxyl groups is 1. The number of aliphatic hydroxyl groups excluding tert-OH is 1. The molecule has 2 aliphatic heterocycles. The van der Waals surface area contributed by atoms with Gasteiger partial charge in [-0.15, -0.1) is 21.5 Å². The highest BCUT2D eigenvalue weighted by Gasteiger charge is 2.57. The Bertz CT molecular complexity index is 1680. The third-order valence-corrected chi connectivity index (χ3v) is 9.63. The summed E-state index contributed by atoms with van der Waals surface area (Å²) in [5, 5.41) is 24.8. The Morgan fingerprint density at radius 3 is 2.71 bits per heavy atom. The maximum atomic E-state index is 14.2. The molecule has 0 spiro atoms. The normalized spacial score (nSPS) is 23.6. The minimum Gasteiger partial charge on any atom is -0.496 e. The van der Waals surface area contributed by atoms with Crippen LogP contribution in [0.3, 0.4) is 0 Å². The fourth-order valence-corrected chi connectivity index (χ4v) is 7.41. The van der Waals surface area contributed by atoms with Crippen molar-refractivity contribution in [3.63, 3.8) is 0 Å². The summed E-state index contributed by atoms with van der Waals surface area (Å²) in [4.78, 5) is 17.7. The number of tetrazole rings is 1. The van der Waals surface area contributed by atoms with E-state index in [1.54, 1.807) is 20.2 Å². The van der Waals surface area contributed by atoms with Crippen molar-refractivity contribution < 1.29 is 27.8 Å². The fourth-order valence-electron chi connectivity index (χ4n) is 6.67. The lowest BCUT2D eigenvalue weighted by Crippen LogP contribution is -2.58. The quantitative estimate of drug-likeness (QED) is 0.353. The summed E-state index contributed by atoms with van der Waals surface area (Å²) in [6.45, 7) is 1.47. The van der Waals surface area contributed by atoms with E-state index in [0.29, 0.717) is 29.3 Å². The highest BCUT2D eigenvalue weighted by atomic mass is 32.1. The van der Waals surface area contributed by atoms with E-state index in [1.807, 2.05) is 34.2 Å². The zero-order chi connectivity index (χ0) is 28.8. The van der Waals surface area contributed by atoms with Crippen LogP contribution in [-0.4, -0.2) is 72.2 Å². The smallest absolute Gasteiger partial charge is 0.416 e. The molecule has 9 nitrogen and oxygen atoms in total. The van der Waals surface area contributed by atoms with Crippen molar-refractivity contribution in [2.45, 2.75) is 56.0 Å². The Balaban J connectivity index is 1.42. The van der Waals surface area contributed by atoms with Gasteiger partial charge < -0.3 is 19.3 Å². The van der Waals surface area contributed by atoms with Gasteiger partial charge in [-0.3, -0.25) is 4.79 Å². The van der Waals surface area contributed by atoms with Crippen LogP contribution in [0.5, 0.6) is 5.75 Å². The number of nitrogens with zero attached hydrogens (tertiary/aromatic N) is 6. The van der Waals surface area contributed by atoms with Gasteiger partial charge in [0, 0.05) is 34.5 Å². The van der Waals surface area contributed by atoms with E-state index in [0.717, 1.165) is 33.7 Å². The van der Waals surface area contributed by atoms with Gasteiger partial charge in [-0.05, 0) is 66.6 Å². The van der Waals surface area contributed by atoms with Crippen molar-refractivity contribution >= 4 is 17.2 Å². The number of alkyl halides is 3. The third kappa shape index (κ3) is 3.85. The van der Waals surface area contributed by atoms with Crippen molar-refractivity contribution in [3.8, 4) is 38.8 Å². The molecule has 214 valence electrons. The first-order chi connectivity index (χ1) is 19.5. The highest BCUT2D eigenvalue weighted by molar-refractivity contribution is 7.13. The number of thiophene rings is 1. The van der Waals surface area contributed by atoms with Gasteiger partial charge in [0.1, 0.15) is 11.4 Å². The van der Waals surface area contributed by atoms with Gasteiger partial charge in [0.15, 0.2) is 6.10 Å². The van der Waals surface area contributed by atoms with Crippen molar-refractivity contribution in [2.75, 3.05) is 13.7 Å². The number of aromatic nitrogens is 5. The molecule has 1 saturated carbocycles. The van der Waals surface area contributed by atoms with Crippen LogP contribution in [0.2, 0.25) is 0 Å². The second-order valence-corrected chi connectivity index (χ2v) is 12.1. The van der Waals surface area contributed by atoms with Gasteiger partial charge in [-0.25, -0.2) is 0 Å². The van der Waals surface area contributed by atoms with Crippen LogP contribution in [0, 0.1) is 0 Å². The Morgan fingerprint density at radius 2 is 2.05 bits per heavy atom. The van der Waals surface area contributed by atoms with Crippen LogP contribution < -0.4 is 4.74 Å². The fraction of sp³-hybridized carbons (Fsp3) is 0.429. The number of carbonyl (C=O) groups excluding carboxylic acids is 1. The van der Waals surface area contributed by atoms with Crippen LogP contribution in [0.15, 0.2) is 35.7 Å². The summed E-state index contributed by atoms with van der Waals surface area (Å²) >= 11 is 1.53. The van der Waals surface area contributed by atoms with Gasteiger partial charge in [0.05, 0.1) is 31.0 Å². The average molecular weight is 585 g/mol. The maximum absolute atomic E-state index is 14.2. The van der Waals surface area contributed by atoms with Gasteiger partial charge >= 0.3 is 6.18 Å². The molecule has 1 saturated heterocycles. The Labute approximate surface area is 237 Å². The summed E-state index contributed by atoms with van der Waals surface area (Å²) in [7, 11) is 3.27. The van der Waals surface area contributed by atoms with E-state index >= 15 is 0 Å². The molecule has 1 N–H and O–H groups in total. The summed E-state index contributed by atoms with van der Waals surface area (Å²) in [6, 6.07) is 9.64. The van der Waals surface area contributed by atoms with Gasteiger partial charge in [-0.2, -0.15) is 18.0 Å². The molecule has 0 bridgehead atoms. The van der Waals surface area contributed by atoms with Crippen LogP contribution in [0.4, 0.5) is 13.2 Å². The van der Waals surface area contributed by atoms with Crippen LogP contribution in [-0.2, 0) is 7.05 Å². The molecule has 4 aromatic rings. The minimum atomic E-state index is -4.84. The molecule has 1 aliphatic carbocycles. The topological polar surface area (TPSA) is 98.3 Å². The standard InChI is InChI=1S/C28H27F3N6O3S/c1-27(26(39)28(29,30)31)7-5-8-36(27)25(38)20-12-18(22-6-4-9-41-22)23-16-10-17(24-32-34-35(2)33-24)21(40-3)13-14(16)15-11-19(15)37(20)23/h4,6,9-10,12-13,15,19,26,39H,5,7-8,11H2,1-3H3/t15-,19-,26+,27-/m1/s1. The summed E-state index contributed by atoms with van der Waals surface area (Å²) in [5.74, 6) is 0.628. The largest absolute Gasteiger partial charge is 0.496 e. The Hall–Kier alpha value is -3.71. The van der Waals surface area contributed by atoms with Gasteiger partial charge in [0.25, 0.3) is 5.91 Å². The number of hydrogen-bond donors (Lipinski definition) is 1. The number of methoxy groups -OCH3 is 1. The number of rotatable bonds is 5. The number of likely N-dealkylation sites (tertiary alicyclic amines) is 1. The first kappa shape index (κ1) is 26.2. The predicted molar refractivity (Wildman–Crippen MR) is 145 cm³/mol. The monoisotopic (exact) mass is 584 g/mol. The average Bonchev–Trinajstić information content (AvgIpc) is 3.38. The van der Waals surface area contributed by atoms with Crippen molar-refractivity contribution in [1.82, 2.24) is 29.7 Å². The molecule has 3 aliphatic rings. The molecule has 13 heteroatoms. The van der Waals surface area contributed by atoms with E-state index < -0.39 is 23.7 Å². The molecule has 1 amide bonds. The van der Waals surface area contributed by atoms with E-state index in [2.05, 4.69) is 15.4 Å². The second kappa shape index (κ2) is 8.89. The van der Waals surface area contributed by atoms with E-state index in [1.165, 1.54) is 28.0 Å². The van der Waals surface area contributed by atoms with Crippen LogP contribution >= 0.6 is 11.3 Å². The molecule has 1 aromatic carbocycles. The molecule has 4 atom stereocenters. The lowest BCUT2D eigenvalue weighted by atomic mass is 9.90. The Morgan fingerprint density at radius 1 is 1.24 bits per heavy atom. The zero-order valence-corrected chi connectivity index (χ0v) is 23.3. The lowest BCUT2D eigenvalue weighted by molar-refractivity contribution is -0.232. The van der Waals surface area contributed by atoms with Crippen molar-refractivity contribution in [2.24, 2.45) is 7.05 Å². The number of aryl methyl sites for hydroxylation is 1. The highest BCUT2D eigenvalue weighted by Crippen LogP contribution is 2.62. The van der Waals surface area contributed by atoms with Crippen LogP contribution in [0.25, 0.3) is 33.1 Å². The summed E-state index contributed by atoms with van der Waals surface area (Å²) < 4.78 is 48.8. The SMILES string of the molecule is COc1cc2c(cc1-c1nnn(C)n1)-c1c(-c3cccs3)cc(C(=O)N3CCC[C@]3(C)[C@H](O)C(F)(F)F)n1[C@@H]1C[C@H]21. The minimum absolute atomic E-state index is 0.0169. The predicted octanol–water partition coefficient (Wildman–Crippen LogP) is 5.04. The van der Waals surface area contributed by atoms with E-state index in [4.69, 9.17) is 4.74 Å². The summed E-state index contributed by atoms with van der Waals surface area (Å²) in [5.41, 5.74) is 2.87. The number of fused-ring (bicyclic) bond motifs is 6. The zero-order valence-electron chi connectivity index (χ0n) is 22.5. The van der Waals surface area contributed by atoms with E-state index in [9.17, 15) is 23.1 Å². The molecular weight excluding hydrogens is 557 g/mol. The second-order valence-electron chi connectivity index (χ2n) is 11.2. The molecule has 5 heterocycles. The number of carbonyl (C=O) groups is 1. The van der Waals surface area contributed by atoms with Gasteiger partial charge in [0.2, 0.25) is 5.82 Å². The van der Waals surface area contributed by atoms with Crippen molar-refractivity contribution in [1.29, 1.82) is 0 Å². The number of hydrogen-bond acceptors (Lipinski definition) is 7. The first-order valence-corrected chi connectivity index (χ1v) is 14.2. The molecule has 0 unspecified atom stereocenters. The molecule has 7 rings (SSSR count). The molecule has 2 fully saturated rings. The number of ether oxygens (including phenoxy) is 1. The Kier molecular flexibility index (Phi) is 5.68. The van der Waals surface area contributed by atoms with Gasteiger partial charge in [-0.1, -0.05) is 6.07 Å². The summed E-state index contributed by atoms with van der Waals surface area (Å²) in [6.07, 6.45) is -6.26. The maximum Gasteiger partial charge on any atom is 0.416 e. The lowest BCUT2D eigenvalue weighted by Gasteiger charge is -2.40.